The van der Waals surface area contributed by atoms with Gasteiger partial charge in [-0.2, -0.15) is 0 Å². The Balaban J connectivity index is 2.07. The lowest BCUT2D eigenvalue weighted by molar-refractivity contribution is -0.122. The molecular weight excluding hydrogens is 313 g/mol. The predicted octanol–water partition coefficient (Wildman–Crippen LogP) is 3.64. The van der Waals surface area contributed by atoms with Gasteiger partial charge in [0.25, 0.3) is 5.91 Å². The molecule has 1 unspecified atom stereocenters. The molecule has 2 rings (SSSR count). The fraction of sp³-hybridized carbons (Fsp3) is 0.278. The molecule has 1 amide bonds. The van der Waals surface area contributed by atoms with E-state index in [-0.39, 0.29) is 11.7 Å². The van der Waals surface area contributed by atoms with Crippen LogP contribution in [0, 0.1) is 5.82 Å². The second-order valence-corrected chi connectivity index (χ2v) is 5.03. The fourth-order valence-corrected chi connectivity index (χ4v) is 2.14. The number of ether oxygens (including phenoxy) is 3. The van der Waals surface area contributed by atoms with Gasteiger partial charge in [-0.05, 0) is 42.8 Å². The number of nitrogens with one attached hydrogen (secondary N) is 1. The maximum atomic E-state index is 12.9. The quantitative estimate of drug-likeness (QED) is 0.840. The minimum atomic E-state index is -0.691. The Hall–Kier alpha value is -2.76. The summed E-state index contributed by atoms with van der Waals surface area (Å²) in [5.74, 6) is 0.873. The SMILES string of the molecule is CCC(Oc1ccc(F)cc1)C(=O)Nc1ccc(OC)c(OC)c1. The Labute approximate surface area is 140 Å². The Bertz CT molecular complexity index is 688. The molecule has 24 heavy (non-hydrogen) atoms. The van der Waals surface area contributed by atoms with E-state index in [0.717, 1.165) is 0 Å². The summed E-state index contributed by atoms with van der Waals surface area (Å²) in [5.41, 5.74) is 0.568. The van der Waals surface area contributed by atoms with Crippen LogP contribution in [0.2, 0.25) is 0 Å². The van der Waals surface area contributed by atoms with Crippen LogP contribution in [-0.4, -0.2) is 26.2 Å². The summed E-state index contributed by atoms with van der Waals surface area (Å²) in [7, 11) is 3.07. The molecule has 0 fully saturated rings. The highest BCUT2D eigenvalue weighted by Gasteiger charge is 2.19. The molecule has 6 heteroatoms. The molecule has 2 aromatic rings. The minimum absolute atomic E-state index is 0.297. The molecule has 5 nitrogen and oxygen atoms in total. The van der Waals surface area contributed by atoms with Gasteiger partial charge in [-0.3, -0.25) is 4.79 Å². The van der Waals surface area contributed by atoms with Crippen LogP contribution < -0.4 is 19.5 Å². The van der Waals surface area contributed by atoms with Crippen LogP contribution in [0.25, 0.3) is 0 Å². The van der Waals surface area contributed by atoms with Gasteiger partial charge in [0.15, 0.2) is 17.6 Å². The van der Waals surface area contributed by atoms with E-state index in [1.165, 1.54) is 31.4 Å². The van der Waals surface area contributed by atoms with E-state index in [0.29, 0.717) is 29.4 Å². The van der Waals surface area contributed by atoms with E-state index in [1.807, 2.05) is 6.92 Å². The molecule has 0 aliphatic heterocycles. The zero-order valence-electron chi connectivity index (χ0n) is 13.8. The molecule has 0 spiro atoms. The van der Waals surface area contributed by atoms with Gasteiger partial charge in [-0.15, -0.1) is 0 Å². The summed E-state index contributed by atoms with van der Waals surface area (Å²) >= 11 is 0. The van der Waals surface area contributed by atoms with Crippen molar-refractivity contribution in [1.29, 1.82) is 0 Å². The maximum absolute atomic E-state index is 12.9. The van der Waals surface area contributed by atoms with Gasteiger partial charge in [0.2, 0.25) is 0 Å². The summed E-state index contributed by atoms with van der Waals surface area (Å²) in [5, 5.41) is 2.78. The Morgan fingerprint density at radius 3 is 2.33 bits per heavy atom. The first-order valence-electron chi connectivity index (χ1n) is 7.52. The van der Waals surface area contributed by atoms with Crippen LogP contribution in [0.15, 0.2) is 42.5 Å². The molecule has 0 aromatic heterocycles. The zero-order valence-corrected chi connectivity index (χ0v) is 13.8. The van der Waals surface area contributed by atoms with Crippen LogP contribution in [0.3, 0.4) is 0 Å². The molecule has 0 bridgehead atoms. The number of anilines is 1. The molecular formula is C18H20FNO4. The number of hydrogen-bond donors (Lipinski definition) is 1. The minimum Gasteiger partial charge on any atom is -0.493 e. The molecule has 2 aromatic carbocycles. The highest BCUT2D eigenvalue weighted by molar-refractivity contribution is 5.94. The van der Waals surface area contributed by atoms with Gasteiger partial charge >= 0.3 is 0 Å². The highest BCUT2D eigenvalue weighted by atomic mass is 19.1. The molecule has 0 aliphatic carbocycles. The van der Waals surface area contributed by atoms with Crippen LogP contribution in [0.1, 0.15) is 13.3 Å². The van der Waals surface area contributed by atoms with E-state index in [4.69, 9.17) is 14.2 Å². The van der Waals surface area contributed by atoms with Gasteiger partial charge in [0.05, 0.1) is 14.2 Å². The molecule has 0 aliphatic rings. The van der Waals surface area contributed by atoms with E-state index in [2.05, 4.69) is 5.32 Å². The van der Waals surface area contributed by atoms with Gasteiger partial charge in [-0.25, -0.2) is 4.39 Å². The standard InChI is InChI=1S/C18H20FNO4/c1-4-15(24-14-8-5-12(19)6-9-14)18(21)20-13-7-10-16(22-2)17(11-13)23-3/h5-11,15H,4H2,1-3H3,(H,20,21). The molecule has 0 saturated carbocycles. The third-order valence-electron chi connectivity index (χ3n) is 3.41. The molecule has 0 saturated heterocycles. The predicted molar refractivity (Wildman–Crippen MR) is 89.3 cm³/mol. The number of carbonyl (C=O) groups is 1. The van der Waals surface area contributed by atoms with Gasteiger partial charge in [0.1, 0.15) is 11.6 Å². The Morgan fingerprint density at radius 1 is 1.08 bits per heavy atom. The first kappa shape index (κ1) is 17.6. The lowest BCUT2D eigenvalue weighted by Crippen LogP contribution is -2.32. The van der Waals surface area contributed by atoms with E-state index < -0.39 is 6.10 Å². The van der Waals surface area contributed by atoms with E-state index in [1.54, 1.807) is 25.3 Å². The van der Waals surface area contributed by atoms with Gasteiger partial charge in [-0.1, -0.05) is 6.92 Å². The summed E-state index contributed by atoms with van der Waals surface area (Å²) in [6.45, 7) is 1.84. The second kappa shape index (κ2) is 8.19. The van der Waals surface area contributed by atoms with Crippen molar-refractivity contribution in [2.24, 2.45) is 0 Å². The zero-order chi connectivity index (χ0) is 17.5. The van der Waals surface area contributed by atoms with Crippen molar-refractivity contribution in [3.8, 4) is 17.2 Å². The van der Waals surface area contributed by atoms with Gasteiger partial charge < -0.3 is 19.5 Å². The average Bonchev–Trinajstić information content (AvgIpc) is 2.60. The number of hydrogen-bond acceptors (Lipinski definition) is 4. The maximum Gasteiger partial charge on any atom is 0.265 e. The average molecular weight is 333 g/mol. The third-order valence-corrected chi connectivity index (χ3v) is 3.41. The van der Waals surface area contributed by atoms with Crippen LogP contribution in [0.5, 0.6) is 17.2 Å². The van der Waals surface area contributed by atoms with Crippen molar-refractivity contribution in [3.05, 3.63) is 48.3 Å². The number of rotatable bonds is 7. The number of methoxy groups -OCH3 is 2. The summed E-state index contributed by atoms with van der Waals surface area (Å²) in [6, 6.07) is 10.6. The molecule has 1 N–H and O–H groups in total. The smallest absolute Gasteiger partial charge is 0.265 e. The number of carbonyl (C=O) groups excluding carboxylic acids is 1. The van der Waals surface area contributed by atoms with E-state index in [9.17, 15) is 9.18 Å². The number of benzene rings is 2. The molecule has 0 radical (unpaired) electrons. The first-order valence-corrected chi connectivity index (χ1v) is 7.52. The summed E-state index contributed by atoms with van der Waals surface area (Å²) in [4.78, 5) is 12.4. The molecule has 1 atom stereocenters. The van der Waals surface area contributed by atoms with Crippen molar-refractivity contribution in [3.63, 3.8) is 0 Å². The van der Waals surface area contributed by atoms with Crippen LogP contribution in [-0.2, 0) is 4.79 Å². The van der Waals surface area contributed by atoms with Crippen molar-refractivity contribution < 1.29 is 23.4 Å². The van der Waals surface area contributed by atoms with E-state index >= 15 is 0 Å². The summed E-state index contributed by atoms with van der Waals surface area (Å²) < 4.78 is 28.9. The number of halogens is 1. The Kier molecular flexibility index (Phi) is 6.01. The lowest BCUT2D eigenvalue weighted by atomic mass is 10.2. The fourth-order valence-electron chi connectivity index (χ4n) is 2.14. The first-order chi connectivity index (χ1) is 11.6. The van der Waals surface area contributed by atoms with Crippen molar-refractivity contribution in [2.75, 3.05) is 19.5 Å². The van der Waals surface area contributed by atoms with Crippen LogP contribution >= 0.6 is 0 Å². The second-order valence-electron chi connectivity index (χ2n) is 5.03. The lowest BCUT2D eigenvalue weighted by Gasteiger charge is -2.18. The van der Waals surface area contributed by atoms with Crippen molar-refractivity contribution in [1.82, 2.24) is 0 Å². The molecule has 0 heterocycles. The van der Waals surface area contributed by atoms with Gasteiger partial charge in [0, 0.05) is 11.8 Å². The van der Waals surface area contributed by atoms with Crippen molar-refractivity contribution >= 4 is 11.6 Å². The monoisotopic (exact) mass is 333 g/mol. The summed E-state index contributed by atoms with van der Waals surface area (Å²) in [6.07, 6.45) is -0.222. The normalized spacial score (nSPS) is 11.5. The third kappa shape index (κ3) is 4.38. The Morgan fingerprint density at radius 2 is 1.75 bits per heavy atom. The topological polar surface area (TPSA) is 56.8 Å². The largest absolute Gasteiger partial charge is 0.493 e. The highest BCUT2D eigenvalue weighted by Crippen LogP contribution is 2.29. The van der Waals surface area contributed by atoms with Crippen LogP contribution in [0.4, 0.5) is 10.1 Å². The van der Waals surface area contributed by atoms with Crippen molar-refractivity contribution in [2.45, 2.75) is 19.4 Å². The molecule has 128 valence electrons. The number of amides is 1.